The Kier molecular flexibility index (Phi) is 11.0. The minimum absolute atomic E-state index is 0. The number of ether oxygens (including phenoxy) is 1. The van der Waals surface area contributed by atoms with Crippen molar-refractivity contribution in [1.29, 1.82) is 0 Å². The Morgan fingerprint density at radius 2 is 1.93 bits per heavy atom. The highest BCUT2D eigenvalue weighted by molar-refractivity contribution is 14.0. The molecule has 0 bridgehead atoms. The summed E-state index contributed by atoms with van der Waals surface area (Å²) in [7, 11) is 1.72. The smallest absolute Gasteiger partial charge is 0.191 e. The molecule has 150 valence electrons. The van der Waals surface area contributed by atoms with Crippen molar-refractivity contribution in [3.63, 3.8) is 0 Å². The summed E-state index contributed by atoms with van der Waals surface area (Å²) in [6, 6.07) is 10.4. The molecule has 2 rings (SSSR count). The van der Waals surface area contributed by atoms with Crippen LogP contribution < -0.4 is 10.6 Å². The van der Waals surface area contributed by atoms with Crippen LogP contribution in [0.25, 0.3) is 0 Å². The van der Waals surface area contributed by atoms with E-state index in [0.29, 0.717) is 13.2 Å². The van der Waals surface area contributed by atoms with Crippen LogP contribution in [0.4, 0.5) is 0 Å². The molecule has 0 spiro atoms. The largest absolute Gasteiger partial charge is 0.380 e. The van der Waals surface area contributed by atoms with Crippen molar-refractivity contribution in [2.45, 2.75) is 46.9 Å². The summed E-state index contributed by atoms with van der Waals surface area (Å²) in [5, 5.41) is 11.2. The number of methoxy groups -OCH3 is 1. The van der Waals surface area contributed by atoms with Crippen LogP contribution in [0.3, 0.4) is 0 Å². The highest BCUT2D eigenvalue weighted by atomic mass is 127. The van der Waals surface area contributed by atoms with Gasteiger partial charge in [-0.15, -0.1) is 24.0 Å². The van der Waals surface area contributed by atoms with Crippen LogP contribution >= 0.6 is 24.0 Å². The first-order valence-electron chi connectivity index (χ1n) is 9.23. The predicted molar refractivity (Wildman–Crippen MR) is 122 cm³/mol. The van der Waals surface area contributed by atoms with Gasteiger partial charge in [0, 0.05) is 32.4 Å². The number of hydrogen-bond acceptors (Lipinski definition) is 3. The van der Waals surface area contributed by atoms with Gasteiger partial charge < -0.3 is 15.4 Å². The van der Waals surface area contributed by atoms with Crippen molar-refractivity contribution in [1.82, 2.24) is 20.4 Å². The van der Waals surface area contributed by atoms with Gasteiger partial charge in [0.2, 0.25) is 0 Å². The average molecular weight is 485 g/mol. The van der Waals surface area contributed by atoms with E-state index in [9.17, 15) is 0 Å². The van der Waals surface area contributed by atoms with Gasteiger partial charge in [0.1, 0.15) is 0 Å². The molecule has 27 heavy (non-hydrogen) atoms. The van der Waals surface area contributed by atoms with E-state index < -0.39 is 0 Å². The van der Waals surface area contributed by atoms with E-state index in [1.807, 2.05) is 19.1 Å². The Morgan fingerprint density at radius 3 is 2.56 bits per heavy atom. The van der Waals surface area contributed by atoms with Gasteiger partial charge in [-0.05, 0) is 44.4 Å². The number of hydrogen-bond donors (Lipinski definition) is 2. The topological polar surface area (TPSA) is 63.5 Å². The van der Waals surface area contributed by atoms with Crippen molar-refractivity contribution >= 4 is 29.9 Å². The van der Waals surface area contributed by atoms with Crippen molar-refractivity contribution in [2.75, 3.05) is 20.2 Å². The summed E-state index contributed by atoms with van der Waals surface area (Å²) in [5.41, 5.74) is 4.64. The second-order valence-electron chi connectivity index (χ2n) is 6.33. The molecule has 1 heterocycles. The van der Waals surface area contributed by atoms with Gasteiger partial charge in [-0.3, -0.25) is 4.68 Å². The van der Waals surface area contributed by atoms with Gasteiger partial charge in [-0.25, -0.2) is 4.99 Å². The Labute approximate surface area is 179 Å². The molecule has 0 unspecified atom stereocenters. The number of rotatable bonds is 9. The van der Waals surface area contributed by atoms with E-state index in [2.05, 4.69) is 52.5 Å². The average Bonchev–Trinajstić information content (AvgIpc) is 2.95. The molecule has 0 saturated heterocycles. The fraction of sp³-hybridized carbons (Fsp3) is 0.500. The summed E-state index contributed by atoms with van der Waals surface area (Å²) in [4.78, 5) is 4.71. The molecule has 0 aliphatic rings. The molecule has 0 aliphatic heterocycles. The predicted octanol–water partition coefficient (Wildman–Crippen LogP) is 3.41. The van der Waals surface area contributed by atoms with Crippen LogP contribution in [0, 0.1) is 13.8 Å². The third-order valence-corrected chi connectivity index (χ3v) is 4.11. The maximum atomic E-state index is 5.27. The van der Waals surface area contributed by atoms with Crippen LogP contribution in [0.2, 0.25) is 0 Å². The quantitative estimate of drug-likeness (QED) is 0.247. The van der Waals surface area contributed by atoms with E-state index in [4.69, 9.17) is 9.73 Å². The van der Waals surface area contributed by atoms with Crippen LogP contribution in [0.15, 0.2) is 35.3 Å². The number of guanidine groups is 1. The third-order valence-electron chi connectivity index (χ3n) is 4.11. The lowest BCUT2D eigenvalue weighted by atomic mass is 10.1. The van der Waals surface area contributed by atoms with Crippen molar-refractivity contribution < 1.29 is 4.74 Å². The van der Waals surface area contributed by atoms with Gasteiger partial charge in [-0.1, -0.05) is 24.3 Å². The SMILES string of the molecule is CCNC(=NCc1ccccc1COC)NCCCn1nc(C)cc1C.I. The van der Waals surface area contributed by atoms with E-state index >= 15 is 0 Å². The fourth-order valence-electron chi connectivity index (χ4n) is 2.85. The summed E-state index contributed by atoms with van der Waals surface area (Å²) in [6.45, 7) is 10.0. The zero-order valence-corrected chi connectivity index (χ0v) is 19.1. The molecule has 2 aromatic rings. The molecule has 1 aromatic carbocycles. The number of aryl methyl sites for hydroxylation is 3. The monoisotopic (exact) mass is 485 g/mol. The summed E-state index contributed by atoms with van der Waals surface area (Å²) < 4.78 is 7.33. The molecule has 0 atom stereocenters. The zero-order valence-electron chi connectivity index (χ0n) is 16.8. The van der Waals surface area contributed by atoms with Gasteiger partial charge in [0.25, 0.3) is 0 Å². The molecular weight excluding hydrogens is 453 g/mol. The Morgan fingerprint density at radius 1 is 1.19 bits per heavy atom. The van der Waals surface area contributed by atoms with E-state index in [0.717, 1.165) is 37.7 Å². The summed E-state index contributed by atoms with van der Waals surface area (Å²) >= 11 is 0. The Balaban J connectivity index is 0.00000364. The second kappa shape index (κ2) is 12.7. The zero-order chi connectivity index (χ0) is 18.8. The second-order valence-corrected chi connectivity index (χ2v) is 6.33. The summed E-state index contributed by atoms with van der Waals surface area (Å²) in [5.74, 6) is 0.841. The maximum Gasteiger partial charge on any atom is 0.191 e. The molecule has 0 radical (unpaired) electrons. The van der Waals surface area contributed by atoms with Crippen LogP contribution in [0.5, 0.6) is 0 Å². The molecule has 2 N–H and O–H groups in total. The molecular formula is C20H32IN5O. The van der Waals surface area contributed by atoms with Gasteiger partial charge >= 0.3 is 0 Å². The molecule has 0 saturated carbocycles. The number of nitrogens with one attached hydrogen (secondary N) is 2. The molecule has 0 fully saturated rings. The molecule has 7 heteroatoms. The lowest BCUT2D eigenvalue weighted by Crippen LogP contribution is -2.38. The van der Waals surface area contributed by atoms with Gasteiger partial charge in [0.15, 0.2) is 5.96 Å². The number of nitrogens with zero attached hydrogens (tertiary/aromatic N) is 3. The Hall–Kier alpha value is -1.61. The summed E-state index contributed by atoms with van der Waals surface area (Å²) in [6.07, 6.45) is 0.993. The maximum absolute atomic E-state index is 5.27. The number of benzene rings is 1. The normalized spacial score (nSPS) is 11.2. The molecule has 6 nitrogen and oxygen atoms in total. The number of aliphatic imine (C=N–C) groups is 1. The highest BCUT2D eigenvalue weighted by Gasteiger charge is 2.03. The lowest BCUT2D eigenvalue weighted by Gasteiger charge is -2.12. The Bertz CT molecular complexity index is 714. The minimum Gasteiger partial charge on any atom is -0.380 e. The van der Waals surface area contributed by atoms with Crippen molar-refractivity contribution in [2.24, 2.45) is 4.99 Å². The van der Waals surface area contributed by atoms with E-state index in [-0.39, 0.29) is 24.0 Å². The standard InChI is InChI=1S/C20H31N5O.HI/c1-5-21-20(22-11-8-12-25-17(3)13-16(2)24-25)23-14-18-9-6-7-10-19(18)15-26-4;/h6-7,9-10,13H,5,8,11-12,14-15H2,1-4H3,(H2,21,22,23);1H. The molecule has 0 amide bonds. The first kappa shape index (κ1) is 23.4. The van der Waals surface area contributed by atoms with Crippen LogP contribution in [0.1, 0.15) is 35.9 Å². The molecule has 1 aromatic heterocycles. The third kappa shape index (κ3) is 7.88. The van der Waals surface area contributed by atoms with Crippen LogP contribution in [-0.4, -0.2) is 35.9 Å². The van der Waals surface area contributed by atoms with Gasteiger partial charge in [0.05, 0.1) is 18.8 Å². The van der Waals surface area contributed by atoms with E-state index in [1.165, 1.54) is 16.8 Å². The number of halogens is 1. The van der Waals surface area contributed by atoms with Crippen LogP contribution in [-0.2, 0) is 24.4 Å². The lowest BCUT2D eigenvalue weighted by molar-refractivity contribution is 0.184. The highest BCUT2D eigenvalue weighted by Crippen LogP contribution is 2.11. The number of aromatic nitrogens is 2. The first-order chi connectivity index (χ1) is 12.6. The van der Waals surface area contributed by atoms with Gasteiger partial charge in [-0.2, -0.15) is 5.10 Å². The van der Waals surface area contributed by atoms with Crippen molar-refractivity contribution in [3.05, 3.63) is 52.8 Å². The van der Waals surface area contributed by atoms with E-state index in [1.54, 1.807) is 7.11 Å². The molecule has 0 aliphatic carbocycles. The fourth-order valence-corrected chi connectivity index (χ4v) is 2.85. The minimum atomic E-state index is 0. The first-order valence-corrected chi connectivity index (χ1v) is 9.23. The van der Waals surface area contributed by atoms with Crippen molar-refractivity contribution in [3.8, 4) is 0 Å².